The summed E-state index contributed by atoms with van der Waals surface area (Å²) in [5.41, 5.74) is 0.943. The molecule has 1 aliphatic heterocycles. The van der Waals surface area contributed by atoms with Crippen molar-refractivity contribution in [1.29, 1.82) is 0 Å². The molecule has 1 fully saturated rings. The fourth-order valence-corrected chi connectivity index (χ4v) is 4.30. The summed E-state index contributed by atoms with van der Waals surface area (Å²) in [6.07, 6.45) is -2.81. The van der Waals surface area contributed by atoms with E-state index < -0.39 is 18.3 Å². The van der Waals surface area contributed by atoms with Gasteiger partial charge in [-0.15, -0.1) is 0 Å². The molecule has 0 spiro atoms. The molecule has 0 aliphatic carbocycles. The van der Waals surface area contributed by atoms with Crippen LogP contribution in [0.5, 0.6) is 0 Å². The molecule has 0 bridgehead atoms. The Morgan fingerprint density at radius 2 is 1.84 bits per heavy atom. The number of alkyl halides is 2. The van der Waals surface area contributed by atoms with Crippen molar-refractivity contribution in [2.75, 3.05) is 56.8 Å². The molecule has 1 saturated heterocycles. The highest BCUT2D eigenvalue weighted by Gasteiger charge is 2.26. The molecular weight excluding hydrogens is 484 g/mol. The van der Waals surface area contributed by atoms with Crippen LogP contribution in [0.25, 0.3) is 16.9 Å². The van der Waals surface area contributed by atoms with Crippen LogP contribution in [0.3, 0.4) is 0 Å². The van der Waals surface area contributed by atoms with Gasteiger partial charge in [-0.25, -0.2) is 13.8 Å². The minimum atomic E-state index is -2.81. The molecule has 0 unspecified atom stereocenters. The number of para-hydroxylation sites is 2. The van der Waals surface area contributed by atoms with Crippen LogP contribution in [0.4, 0.5) is 20.5 Å². The lowest BCUT2D eigenvalue weighted by molar-refractivity contribution is -0.134. The van der Waals surface area contributed by atoms with Gasteiger partial charge in [0, 0.05) is 38.9 Å². The average Bonchev–Trinajstić information content (AvgIpc) is 3.29. The summed E-state index contributed by atoms with van der Waals surface area (Å²) in [4.78, 5) is 30.3. The Morgan fingerprint density at radius 3 is 2.51 bits per heavy atom. The van der Waals surface area contributed by atoms with Gasteiger partial charge < -0.3 is 24.6 Å². The van der Waals surface area contributed by atoms with Gasteiger partial charge in [-0.05, 0) is 32.9 Å². The number of nitrogens with one attached hydrogen (secondary N) is 1. The summed E-state index contributed by atoms with van der Waals surface area (Å²) in [5.74, 6) is 0.397. The number of rotatable bonds is 10. The molecule has 1 N–H and O–H groups in total. The van der Waals surface area contributed by atoms with Gasteiger partial charge in [-0.2, -0.15) is 9.97 Å². The minimum Gasteiger partial charge on any atom is -0.383 e. The number of imidazole rings is 1. The van der Waals surface area contributed by atoms with Gasteiger partial charge in [0.25, 0.3) is 6.43 Å². The van der Waals surface area contributed by atoms with Crippen LogP contribution in [0.2, 0.25) is 0 Å². The Kier molecular flexibility index (Phi) is 8.49. The van der Waals surface area contributed by atoms with Crippen molar-refractivity contribution in [2.24, 2.45) is 0 Å². The number of carbonyl (C=O) groups is 1. The molecule has 0 radical (unpaired) electrons. The molecule has 3 aromatic rings. The summed E-state index contributed by atoms with van der Waals surface area (Å²) in [5, 5.41) is 3.10. The molecule has 1 amide bonds. The molecule has 12 heteroatoms. The molecule has 1 aromatic carbocycles. The first-order chi connectivity index (χ1) is 17.8. The number of hydrogen-bond donors (Lipinski definition) is 1. The lowest BCUT2D eigenvalue weighted by Gasteiger charge is -2.30. The van der Waals surface area contributed by atoms with E-state index in [2.05, 4.69) is 20.3 Å². The number of fused-ring (bicyclic) bond motifs is 1. The van der Waals surface area contributed by atoms with Gasteiger partial charge in [-0.1, -0.05) is 12.1 Å². The van der Waals surface area contributed by atoms with E-state index in [9.17, 15) is 13.6 Å². The zero-order valence-electron chi connectivity index (χ0n) is 21.5. The second-order valence-corrected chi connectivity index (χ2v) is 9.09. The van der Waals surface area contributed by atoms with E-state index in [1.807, 2.05) is 18.7 Å². The van der Waals surface area contributed by atoms with E-state index in [1.54, 1.807) is 49.3 Å². The molecule has 1 atom stereocenters. The zero-order chi connectivity index (χ0) is 26.5. The number of ether oxygens (including phenoxy) is 2. The van der Waals surface area contributed by atoms with Crippen molar-refractivity contribution in [3.05, 3.63) is 36.2 Å². The summed E-state index contributed by atoms with van der Waals surface area (Å²) in [7, 11) is 1.59. The van der Waals surface area contributed by atoms with Crippen molar-refractivity contribution in [3.8, 4) is 5.82 Å². The Bertz CT molecular complexity index is 1210. The van der Waals surface area contributed by atoms with Crippen molar-refractivity contribution >= 4 is 28.7 Å². The molecule has 2 aromatic heterocycles. The highest BCUT2D eigenvalue weighted by Crippen LogP contribution is 2.29. The van der Waals surface area contributed by atoms with Crippen molar-refractivity contribution in [3.63, 3.8) is 0 Å². The quantitative estimate of drug-likeness (QED) is 0.438. The fourth-order valence-electron chi connectivity index (χ4n) is 4.30. The summed E-state index contributed by atoms with van der Waals surface area (Å²) < 4.78 is 40.1. The van der Waals surface area contributed by atoms with Crippen LogP contribution in [0, 0.1) is 0 Å². The predicted octanol–water partition coefficient (Wildman–Crippen LogP) is 3.27. The normalized spacial score (nSPS) is 15.0. The third kappa shape index (κ3) is 5.96. The number of morpholine rings is 1. The van der Waals surface area contributed by atoms with E-state index in [-0.39, 0.29) is 23.7 Å². The number of aromatic nitrogens is 4. The number of hydrogen-bond acceptors (Lipinski definition) is 8. The van der Waals surface area contributed by atoms with E-state index >= 15 is 0 Å². The molecule has 0 saturated carbocycles. The largest absolute Gasteiger partial charge is 0.383 e. The Labute approximate surface area is 214 Å². The third-order valence-corrected chi connectivity index (χ3v) is 6.20. The predicted molar refractivity (Wildman–Crippen MR) is 136 cm³/mol. The number of methoxy groups -OCH3 is 1. The van der Waals surface area contributed by atoms with Gasteiger partial charge in [-0.3, -0.25) is 9.36 Å². The molecular formula is C25H33F2N7O3. The topological polar surface area (TPSA) is 97.6 Å². The highest BCUT2D eigenvalue weighted by molar-refractivity contribution is 5.84. The van der Waals surface area contributed by atoms with E-state index in [0.29, 0.717) is 56.3 Å². The van der Waals surface area contributed by atoms with Crippen molar-refractivity contribution in [2.45, 2.75) is 39.3 Å². The Balaban J connectivity index is 1.75. The fraction of sp³-hybridized carbons (Fsp3) is 0.520. The highest BCUT2D eigenvalue weighted by atomic mass is 19.3. The summed E-state index contributed by atoms with van der Waals surface area (Å²) in [6, 6.07) is 7.89. The van der Waals surface area contributed by atoms with Crippen molar-refractivity contribution < 1.29 is 23.0 Å². The lowest BCUT2D eigenvalue weighted by Crippen LogP contribution is -2.46. The van der Waals surface area contributed by atoms with E-state index in [0.717, 1.165) is 0 Å². The van der Waals surface area contributed by atoms with Crippen LogP contribution in [-0.2, 0) is 14.3 Å². The van der Waals surface area contributed by atoms with Gasteiger partial charge >= 0.3 is 0 Å². The van der Waals surface area contributed by atoms with E-state index in [1.165, 1.54) is 4.57 Å². The maximum Gasteiger partial charge on any atom is 0.296 e. The van der Waals surface area contributed by atoms with Gasteiger partial charge in [0.05, 0.1) is 30.9 Å². The second kappa shape index (κ2) is 11.8. The van der Waals surface area contributed by atoms with Crippen LogP contribution in [0.1, 0.15) is 33.0 Å². The Hall–Kier alpha value is -3.38. The molecule has 3 heterocycles. The van der Waals surface area contributed by atoms with Crippen molar-refractivity contribution in [1.82, 2.24) is 24.4 Å². The Morgan fingerprint density at radius 1 is 1.14 bits per heavy atom. The average molecular weight is 518 g/mol. The second-order valence-electron chi connectivity index (χ2n) is 9.09. The molecule has 1 aliphatic rings. The minimum absolute atomic E-state index is 0.0334. The SMILES string of the molecule is COCCN(C(=O)[C@H](C)Nc1nc(N2CCOCC2)cc(-n2c(C(F)F)nc3ccccc32)n1)C(C)C. The zero-order valence-corrected chi connectivity index (χ0v) is 21.5. The number of amides is 1. The van der Waals surface area contributed by atoms with E-state index in [4.69, 9.17) is 9.47 Å². The monoisotopic (exact) mass is 517 g/mol. The summed E-state index contributed by atoms with van der Waals surface area (Å²) in [6.45, 7) is 8.68. The van der Waals surface area contributed by atoms with Gasteiger partial charge in [0.2, 0.25) is 11.9 Å². The smallest absolute Gasteiger partial charge is 0.296 e. The number of benzene rings is 1. The van der Waals surface area contributed by atoms with Crippen LogP contribution in [0.15, 0.2) is 30.3 Å². The van der Waals surface area contributed by atoms with Crippen LogP contribution >= 0.6 is 0 Å². The van der Waals surface area contributed by atoms with Crippen LogP contribution < -0.4 is 10.2 Å². The maximum absolute atomic E-state index is 14.1. The first kappa shape index (κ1) is 26.7. The molecule has 37 heavy (non-hydrogen) atoms. The number of carbonyl (C=O) groups excluding carboxylic acids is 1. The molecule has 4 rings (SSSR count). The first-order valence-electron chi connectivity index (χ1n) is 12.3. The molecule has 200 valence electrons. The number of anilines is 2. The van der Waals surface area contributed by atoms with Gasteiger partial charge in [0.15, 0.2) is 5.82 Å². The third-order valence-electron chi connectivity index (χ3n) is 6.20. The summed E-state index contributed by atoms with van der Waals surface area (Å²) >= 11 is 0. The molecule has 10 nitrogen and oxygen atoms in total. The number of nitrogens with zero attached hydrogens (tertiary/aromatic N) is 6. The van der Waals surface area contributed by atoms with Gasteiger partial charge in [0.1, 0.15) is 17.7 Å². The standard InChI is InChI=1S/C25H33F2N7O3/c1-16(2)33(11-12-36-4)24(35)17(3)28-25-30-20(32-9-13-37-14-10-32)15-21(31-25)34-19-8-6-5-7-18(19)29-23(34)22(26)27/h5-8,15-17,22H,9-14H2,1-4H3,(H,28,30,31)/t17-/m0/s1. The number of halogens is 2. The lowest BCUT2D eigenvalue weighted by atomic mass is 10.2. The maximum atomic E-state index is 14.1. The van der Waals surface area contributed by atoms with Crippen LogP contribution in [-0.4, -0.2) is 89.0 Å². The first-order valence-corrected chi connectivity index (χ1v) is 12.3.